The number of carbonyl (C=O) groups excluding carboxylic acids is 2. The molecule has 37 heavy (non-hydrogen) atoms. The summed E-state index contributed by atoms with van der Waals surface area (Å²) in [4.78, 5) is 27.5. The van der Waals surface area contributed by atoms with Gasteiger partial charge >= 0.3 is 0 Å². The number of nitrogens with one attached hydrogen (secondary N) is 1. The fourth-order valence-corrected chi connectivity index (χ4v) is 4.73. The summed E-state index contributed by atoms with van der Waals surface area (Å²) < 4.78 is 5.35. The first kappa shape index (κ1) is 25.6. The van der Waals surface area contributed by atoms with Crippen molar-refractivity contribution in [3.05, 3.63) is 75.0 Å². The van der Waals surface area contributed by atoms with Crippen LogP contribution in [0.1, 0.15) is 68.1 Å². The second-order valence-corrected chi connectivity index (χ2v) is 9.29. The molecule has 0 saturated heterocycles. The molecular formula is C29H29NO7. The Bertz CT molecular complexity index is 1580. The molecule has 0 radical (unpaired) electrons. The van der Waals surface area contributed by atoms with Gasteiger partial charge in [-0.25, -0.2) is 0 Å². The summed E-state index contributed by atoms with van der Waals surface area (Å²) in [7, 11) is 1.55. The number of carbonyl (C=O) groups is 2. The highest BCUT2D eigenvalue weighted by Gasteiger charge is 2.24. The molecule has 4 rings (SSSR count). The third-order valence-corrected chi connectivity index (χ3v) is 6.79. The Morgan fingerprint density at radius 3 is 1.76 bits per heavy atom. The van der Waals surface area contributed by atoms with Gasteiger partial charge in [0.2, 0.25) is 0 Å². The maximum atomic E-state index is 12.1. The molecular weight excluding hydrogens is 474 g/mol. The molecule has 3 aromatic carbocycles. The fraction of sp³-hybridized carbons (Fsp3) is 0.241. The molecule has 8 nitrogen and oxygen atoms in total. The van der Waals surface area contributed by atoms with Crippen molar-refractivity contribution in [2.24, 2.45) is 0 Å². The van der Waals surface area contributed by atoms with Crippen molar-refractivity contribution in [3.8, 4) is 28.7 Å². The number of aryl methyl sites for hydroxylation is 2. The molecule has 192 valence electrons. The number of methoxy groups -OCH3 is 1. The minimum absolute atomic E-state index is 0.0266. The van der Waals surface area contributed by atoms with Gasteiger partial charge < -0.3 is 30.1 Å². The Morgan fingerprint density at radius 2 is 1.27 bits per heavy atom. The molecule has 0 aliphatic carbocycles. The van der Waals surface area contributed by atoms with E-state index in [9.17, 15) is 30.0 Å². The van der Waals surface area contributed by atoms with Gasteiger partial charge in [-0.1, -0.05) is 0 Å². The predicted molar refractivity (Wildman–Crippen MR) is 139 cm³/mol. The highest BCUT2D eigenvalue weighted by atomic mass is 16.5. The van der Waals surface area contributed by atoms with Crippen LogP contribution >= 0.6 is 0 Å². The van der Waals surface area contributed by atoms with Crippen molar-refractivity contribution < 1.29 is 34.8 Å². The monoisotopic (exact) mass is 503 g/mol. The molecule has 0 bridgehead atoms. The number of benzene rings is 3. The highest BCUT2D eigenvalue weighted by Crippen LogP contribution is 2.41. The topological polar surface area (TPSA) is 140 Å². The van der Waals surface area contributed by atoms with Crippen LogP contribution in [-0.4, -0.2) is 44.1 Å². The minimum atomic E-state index is -0.338. The van der Waals surface area contributed by atoms with E-state index in [1.807, 2.05) is 6.07 Å². The normalized spacial score (nSPS) is 11.2. The SMILES string of the molecule is COc1ccc2c(Cc3c(O)c(C)cc(C(C)=O)c3O)c(Cc3c(O)c(C)cc(C(C)=O)c3O)[nH]c2c1. The lowest BCUT2D eigenvalue weighted by atomic mass is 9.92. The molecule has 0 atom stereocenters. The van der Waals surface area contributed by atoms with Crippen molar-refractivity contribution in [2.75, 3.05) is 7.11 Å². The quantitative estimate of drug-likeness (QED) is 0.218. The number of aromatic hydroxyl groups is 4. The number of rotatable bonds is 7. The first-order valence-corrected chi connectivity index (χ1v) is 11.7. The molecule has 0 unspecified atom stereocenters. The molecule has 4 aromatic rings. The number of phenolic OH excluding ortho intramolecular Hbond substituents is 4. The minimum Gasteiger partial charge on any atom is -0.507 e. The smallest absolute Gasteiger partial charge is 0.163 e. The van der Waals surface area contributed by atoms with E-state index < -0.39 is 0 Å². The predicted octanol–water partition coefficient (Wildman–Crippen LogP) is 5.20. The number of aromatic nitrogens is 1. The van der Waals surface area contributed by atoms with Crippen LogP contribution in [0.5, 0.6) is 28.7 Å². The number of ketones is 2. The average Bonchev–Trinajstić information content (AvgIpc) is 3.19. The van der Waals surface area contributed by atoms with Gasteiger partial charge in [-0.05, 0) is 68.7 Å². The van der Waals surface area contributed by atoms with Gasteiger partial charge in [-0.2, -0.15) is 0 Å². The molecule has 0 spiro atoms. The van der Waals surface area contributed by atoms with Gasteiger partial charge in [0.25, 0.3) is 0 Å². The van der Waals surface area contributed by atoms with Crippen molar-refractivity contribution >= 4 is 22.5 Å². The zero-order valence-corrected chi connectivity index (χ0v) is 21.3. The second-order valence-electron chi connectivity index (χ2n) is 9.29. The maximum absolute atomic E-state index is 12.1. The molecule has 0 amide bonds. The fourth-order valence-electron chi connectivity index (χ4n) is 4.73. The Hall–Kier alpha value is -4.46. The molecule has 0 saturated carbocycles. The van der Waals surface area contributed by atoms with E-state index >= 15 is 0 Å². The van der Waals surface area contributed by atoms with Crippen LogP contribution in [0.3, 0.4) is 0 Å². The van der Waals surface area contributed by atoms with Gasteiger partial charge in [0, 0.05) is 46.6 Å². The molecule has 0 fully saturated rings. The number of phenols is 4. The van der Waals surface area contributed by atoms with Crippen LogP contribution in [0.25, 0.3) is 10.9 Å². The number of fused-ring (bicyclic) bond motifs is 1. The van der Waals surface area contributed by atoms with Crippen LogP contribution in [0.4, 0.5) is 0 Å². The Labute approximate surface area is 213 Å². The Kier molecular flexibility index (Phi) is 6.61. The van der Waals surface area contributed by atoms with Crippen molar-refractivity contribution in [1.29, 1.82) is 0 Å². The van der Waals surface area contributed by atoms with E-state index in [1.54, 1.807) is 33.1 Å². The number of hydrogen-bond donors (Lipinski definition) is 5. The van der Waals surface area contributed by atoms with Crippen LogP contribution < -0.4 is 4.74 Å². The molecule has 0 aliphatic rings. The van der Waals surface area contributed by atoms with E-state index in [0.717, 1.165) is 5.39 Å². The molecule has 1 heterocycles. The summed E-state index contributed by atoms with van der Waals surface area (Å²) in [5, 5.41) is 44.1. The van der Waals surface area contributed by atoms with Gasteiger partial charge in [0.1, 0.15) is 28.7 Å². The second kappa shape index (κ2) is 9.54. The lowest BCUT2D eigenvalue weighted by Crippen LogP contribution is -2.03. The van der Waals surface area contributed by atoms with E-state index in [0.29, 0.717) is 33.7 Å². The van der Waals surface area contributed by atoms with Crippen molar-refractivity contribution in [2.45, 2.75) is 40.5 Å². The molecule has 0 aliphatic heterocycles. The van der Waals surface area contributed by atoms with Crippen LogP contribution in [0.2, 0.25) is 0 Å². The van der Waals surface area contributed by atoms with Crippen LogP contribution in [0, 0.1) is 13.8 Å². The van der Waals surface area contributed by atoms with E-state index in [4.69, 9.17) is 4.74 Å². The van der Waals surface area contributed by atoms with E-state index in [2.05, 4.69) is 4.98 Å². The first-order chi connectivity index (χ1) is 17.4. The van der Waals surface area contributed by atoms with Crippen molar-refractivity contribution in [3.63, 3.8) is 0 Å². The van der Waals surface area contributed by atoms with Gasteiger partial charge in [0.15, 0.2) is 11.6 Å². The molecule has 1 aromatic heterocycles. The summed E-state index contributed by atoms with van der Waals surface area (Å²) in [6.45, 7) is 5.98. The molecule has 5 N–H and O–H groups in total. The van der Waals surface area contributed by atoms with Crippen LogP contribution in [-0.2, 0) is 12.8 Å². The van der Waals surface area contributed by atoms with Gasteiger partial charge in [-0.15, -0.1) is 0 Å². The number of aromatic amines is 1. The Morgan fingerprint density at radius 1 is 0.757 bits per heavy atom. The standard InChI is InChI=1S/C29H29NO7/c1-13-8-19(15(3)31)28(35)22(26(13)33)11-21-18-7-6-17(37-5)10-24(18)30-25(21)12-23-27(34)14(2)9-20(16(4)32)29(23)36/h6-10,30,33-36H,11-12H2,1-5H3. The Balaban J connectivity index is 1.95. The van der Waals surface area contributed by atoms with E-state index in [-0.39, 0.29) is 69.7 Å². The largest absolute Gasteiger partial charge is 0.507 e. The third kappa shape index (κ3) is 4.46. The highest BCUT2D eigenvalue weighted by molar-refractivity contribution is 5.98. The average molecular weight is 504 g/mol. The molecule has 8 heteroatoms. The zero-order chi connectivity index (χ0) is 27.2. The van der Waals surface area contributed by atoms with Crippen molar-refractivity contribution in [1.82, 2.24) is 4.98 Å². The third-order valence-electron chi connectivity index (χ3n) is 6.79. The zero-order valence-electron chi connectivity index (χ0n) is 21.3. The van der Waals surface area contributed by atoms with Gasteiger partial charge in [-0.3, -0.25) is 9.59 Å². The lowest BCUT2D eigenvalue weighted by Gasteiger charge is -2.15. The summed E-state index contributed by atoms with van der Waals surface area (Å²) in [6.07, 6.45) is 0.0764. The first-order valence-electron chi connectivity index (χ1n) is 11.7. The summed E-state index contributed by atoms with van der Waals surface area (Å²) in [5.74, 6) is -0.942. The number of hydrogen-bond acceptors (Lipinski definition) is 7. The maximum Gasteiger partial charge on any atom is 0.163 e. The number of H-pyrrole nitrogens is 1. The summed E-state index contributed by atoms with van der Waals surface area (Å²) in [5.41, 5.74) is 3.40. The summed E-state index contributed by atoms with van der Waals surface area (Å²) in [6, 6.07) is 8.28. The number of Topliss-reactive ketones (excluding diaryl/α,β-unsaturated/α-hetero) is 2. The van der Waals surface area contributed by atoms with Crippen LogP contribution in [0.15, 0.2) is 30.3 Å². The number of ether oxygens (including phenoxy) is 1. The summed E-state index contributed by atoms with van der Waals surface area (Å²) >= 11 is 0. The van der Waals surface area contributed by atoms with E-state index in [1.165, 1.54) is 26.0 Å². The lowest BCUT2D eigenvalue weighted by molar-refractivity contribution is 0.100. The van der Waals surface area contributed by atoms with Gasteiger partial charge in [0.05, 0.1) is 18.2 Å².